The summed E-state index contributed by atoms with van der Waals surface area (Å²) >= 11 is 6.62. The second-order valence-electron chi connectivity index (χ2n) is 4.51. The zero-order valence-corrected chi connectivity index (χ0v) is 15.3. The van der Waals surface area contributed by atoms with Gasteiger partial charge in [-0.15, -0.1) is 0 Å². The van der Waals surface area contributed by atoms with E-state index in [2.05, 4.69) is 36.8 Å². The van der Waals surface area contributed by atoms with Gasteiger partial charge in [0.05, 0.1) is 4.90 Å². The summed E-state index contributed by atoms with van der Waals surface area (Å²) < 4.78 is 27.8. The number of halogens is 2. The first-order valence-electron chi connectivity index (χ1n) is 6.21. The molecule has 1 heterocycles. The van der Waals surface area contributed by atoms with Gasteiger partial charge in [-0.25, -0.2) is 12.7 Å². The molecule has 0 bridgehead atoms. The average molecular weight is 434 g/mol. The molecule has 7 heteroatoms. The molecule has 2 aromatic rings. The fourth-order valence-electron chi connectivity index (χ4n) is 1.81. The van der Waals surface area contributed by atoms with Crippen molar-refractivity contribution in [1.82, 2.24) is 9.29 Å². The molecule has 21 heavy (non-hydrogen) atoms. The number of likely N-dealkylation sites (N-methyl/N-ethyl adjacent to an activating group) is 1. The summed E-state index contributed by atoms with van der Waals surface area (Å²) in [5.74, 6) is 0. The van der Waals surface area contributed by atoms with Crippen LogP contribution in [0.3, 0.4) is 0 Å². The molecule has 0 spiro atoms. The Labute approximate surface area is 141 Å². The van der Waals surface area contributed by atoms with Crippen LogP contribution in [0.25, 0.3) is 0 Å². The van der Waals surface area contributed by atoms with Crippen LogP contribution >= 0.6 is 31.9 Å². The smallest absolute Gasteiger partial charge is 0.243 e. The predicted molar refractivity (Wildman–Crippen MR) is 89.6 cm³/mol. The number of sulfonamides is 1. The van der Waals surface area contributed by atoms with Gasteiger partial charge < -0.3 is 0 Å². The maximum atomic E-state index is 12.6. The highest BCUT2D eigenvalue weighted by molar-refractivity contribution is 9.11. The minimum absolute atomic E-state index is 0.267. The highest BCUT2D eigenvalue weighted by atomic mass is 79.9. The molecular formula is C14H14Br2N2O2S. The first kappa shape index (κ1) is 16.6. The largest absolute Gasteiger partial charge is 0.265 e. The Balaban J connectivity index is 2.15. The summed E-state index contributed by atoms with van der Waals surface area (Å²) in [6, 6.07) is 8.80. The highest BCUT2D eigenvalue weighted by Crippen LogP contribution is 2.27. The maximum Gasteiger partial charge on any atom is 0.243 e. The highest BCUT2D eigenvalue weighted by Gasteiger charge is 2.23. The van der Waals surface area contributed by atoms with Crippen molar-refractivity contribution in [1.29, 1.82) is 0 Å². The van der Waals surface area contributed by atoms with Crippen LogP contribution in [0.4, 0.5) is 0 Å². The van der Waals surface area contributed by atoms with Gasteiger partial charge in [0.25, 0.3) is 0 Å². The molecule has 0 N–H and O–H groups in total. The quantitative estimate of drug-likeness (QED) is 0.725. The molecule has 0 aliphatic heterocycles. The van der Waals surface area contributed by atoms with Crippen molar-refractivity contribution < 1.29 is 8.42 Å². The van der Waals surface area contributed by atoms with Gasteiger partial charge in [0.1, 0.15) is 0 Å². The summed E-state index contributed by atoms with van der Waals surface area (Å²) in [6.07, 6.45) is 4.05. The summed E-state index contributed by atoms with van der Waals surface area (Å²) in [5, 5.41) is 0. The van der Waals surface area contributed by atoms with Crippen molar-refractivity contribution in [2.24, 2.45) is 0 Å². The first-order chi connectivity index (χ1) is 9.91. The van der Waals surface area contributed by atoms with Crippen LogP contribution in [-0.2, 0) is 16.4 Å². The molecule has 0 fully saturated rings. The van der Waals surface area contributed by atoms with Crippen LogP contribution in [0.1, 0.15) is 5.56 Å². The first-order valence-corrected chi connectivity index (χ1v) is 9.24. The minimum Gasteiger partial charge on any atom is -0.265 e. The van der Waals surface area contributed by atoms with Gasteiger partial charge in [0, 0.05) is 34.9 Å². The Morgan fingerprint density at radius 3 is 2.43 bits per heavy atom. The Hall–Kier alpha value is -0.760. The molecule has 0 radical (unpaired) electrons. The van der Waals surface area contributed by atoms with E-state index in [1.165, 1.54) is 4.31 Å². The molecule has 4 nitrogen and oxygen atoms in total. The fourth-order valence-corrected chi connectivity index (χ4v) is 4.68. The van der Waals surface area contributed by atoms with Gasteiger partial charge >= 0.3 is 0 Å². The van der Waals surface area contributed by atoms with E-state index in [4.69, 9.17) is 0 Å². The third kappa shape index (κ3) is 4.12. The molecule has 1 aromatic carbocycles. The normalized spacial score (nSPS) is 11.8. The Kier molecular flexibility index (Phi) is 5.54. The van der Waals surface area contributed by atoms with E-state index in [9.17, 15) is 8.42 Å². The minimum atomic E-state index is -3.51. The lowest BCUT2D eigenvalue weighted by atomic mass is 10.2. The number of rotatable bonds is 5. The van der Waals surface area contributed by atoms with Gasteiger partial charge in [-0.2, -0.15) is 0 Å². The van der Waals surface area contributed by atoms with Crippen molar-refractivity contribution in [2.45, 2.75) is 11.3 Å². The SMILES string of the molecule is CN(CCc1ccncc1)S(=O)(=O)c1ccc(Br)cc1Br. The van der Waals surface area contributed by atoms with E-state index in [-0.39, 0.29) is 4.90 Å². The van der Waals surface area contributed by atoms with Crippen molar-refractivity contribution in [2.75, 3.05) is 13.6 Å². The second-order valence-corrected chi connectivity index (χ2v) is 8.29. The summed E-state index contributed by atoms with van der Waals surface area (Å²) in [4.78, 5) is 4.21. The van der Waals surface area contributed by atoms with Gasteiger partial charge in [-0.05, 0) is 58.2 Å². The molecule has 0 saturated heterocycles. The van der Waals surface area contributed by atoms with Crippen molar-refractivity contribution in [3.63, 3.8) is 0 Å². The van der Waals surface area contributed by atoms with E-state index >= 15 is 0 Å². The maximum absolute atomic E-state index is 12.6. The van der Waals surface area contributed by atoms with Gasteiger partial charge in [-0.1, -0.05) is 15.9 Å². The van der Waals surface area contributed by atoms with E-state index < -0.39 is 10.0 Å². The van der Waals surface area contributed by atoms with Gasteiger partial charge in [0.2, 0.25) is 10.0 Å². The van der Waals surface area contributed by atoms with Crippen LogP contribution in [0.15, 0.2) is 56.6 Å². The third-order valence-electron chi connectivity index (χ3n) is 3.05. The van der Waals surface area contributed by atoms with Gasteiger partial charge in [-0.3, -0.25) is 4.98 Å². The lowest BCUT2D eigenvalue weighted by molar-refractivity contribution is 0.472. The van der Waals surface area contributed by atoms with Crippen molar-refractivity contribution >= 4 is 41.9 Å². The summed E-state index contributed by atoms with van der Waals surface area (Å²) in [5.41, 5.74) is 1.06. The van der Waals surface area contributed by atoms with Crippen molar-refractivity contribution in [3.05, 3.63) is 57.2 Å². The third-order valence-corrected chi connectivity index (χ3v) is 6.37. The molecule has 112 valence electrons. The molecule has 0 unspecified atom stereocenters. The standard InChI is InChI=1S/C14H14Br2N2O2S/c1-18(9-6-11-4-7-17-8-5-11)21(19,20)14-3-2-12(15)10-13(14)16/h2-5,7-8,10H,6,9H2,1H3. The fraction of sp³-hybridized carbons (Fsp3) is 0.214. The van der Waals surface area contributed by atoms with Crippen LogP contribution in [-0.4, -0.2) is 31.3 Å². The molecule has 2 rings (SSSR count). The molecule has 0 saturated carbocycles. The Bertz CT molecular complexity index is 721. The van der Waals surface area contributed by atoms with Crippen LogP contribution < -0.4 is 0 Å². The molecular weight excluding hydrogens is 420 g/mol. The molecule has 0 aliphatic carbocycles. The molecule has 1 aromatic heterocycles. The summed E-state index contributed by atoms with van der Waals surface area (Å²) in [6.45, 7) is 0.412. The van der Waals surface area contributed by atoms with E-state index in [0.29, 0.717) is 17.4 Å². The van der Waals surface area contributed by atoms with Crippen LogP contribution in [0, 0.1) is 0 Å². The zero-order chi connectivity index (χ0) is 15.5. The Morgan fingerprint density at radius 1 is 1.14 bits per heavy atom. The number of hydrogen-bond donors (Lipinski definition) is 0. The topological polar surface area (TPSA) is 50.3 Å². The lowest BCUT2D eigenvalue weighted by Gasteiger charge is -2.18. The van der Waals surface area contributed by atoms with E-state index in [1.54, 1.807) is 37.6 Å². The summed E-state index contributed by atoms with van der Waals surface area (Å²) in [7, 11) is -1.92. The number of pyridine rings is 1. The molecule has 0 amide bonds. The van der Waals surface area contributed by atoms with Crippen LogP contribution in [0.2, 0.25) is 0 Å². The second kappa shape index (κ2) is 7.00. The Morgan fingerprint density at radius 2 is 1.81 bits per heavy atom. The monoisotopic (exact) mass is 432 g/mol. The molecule has 0 atom stereocenters. The predicted octanol–water partition coefficient (Wildman–Crippen LogP) is 3.47. The van der Waals surface area contributed by atoms with E-state index in [1.807, 2.05) is 12.1 Å². The molecule has 0 aliphatic rings. The number of nitrogens with zero attached hydrogens (tertiary/aromatic N) is 2. The average Bonchev–Trinajstić information content (AvgIpc) is 2.45. The number of hydrogen-bond acceptors (Lipinski definition) is 3. The zero-order valence-electron chi connectivity index (χ0n) is 11.3. The van der Waals surface area contributed by atoms with E-state index in [0.717, 1.165) is 10.0 Å². The number of benzene rings is 1. The van der Waals surface area contributed by atoms with Crippen LogP contribution in [0.5, 0.6) is 0 Å². The van der Waals surface area contributed by atoms with Gasteiger partial charge in [0.15, 0.2) is 0 Å². The number of aromatic nitrogens is 1. The van der Waals surface area contributed by atoms with Crippen molar-refractivity contribution in [3.8, 4) is 0 Å². The lowest BCUT2D eigenvalue weighted by Crippen LogP contribution is -2.29.